The van der Waals surface area contributed by atoms with Crippen LogP contribution >= 0.6 is 0 Å². The number of hydrogen-bond acceptors (Lipinski definition) is 3. The van der Waals surface area contributed by atoms with Crippen molar-refractivity contribution in [3.8, 4) is 0 Å². The van der Waals surface area contributed by atoms with Gasteiger partial charge >= 0.3 is 6.03 Å². The Morgan fingerprint density at radius 1 is 1.19 bits per heavy atom. The molecule has 2 heterocycles. The molecule has 0 aromatic heterocycles. The lowest BCUT2D eigenvalue weighted by Gasteiger charge is -2.21. The monoisotopic (exact) mass is 356 g/mol. The van der Waals surface area contributed by atoms with Gasteiger partial charge in [-0.2, -0.15) is 0 Å². The van der Waals surface area contributed by atoms with Gasteiger partial charge in [0.2, 0.25) is 11.8 Å². The molecule has 3 atom stereocenters. The number of likely N-dealkylation sites (tertiary alicyclic amines) is 1. The zero-order valence-corrected chi connectivity index (χ0v) is 14.9. The second kappa shape index (κ2) is 6.63. The molecule has 3 fully saturated rings. The molecule has 0 spiro atoms. The summed E-state index contributed by atoms with van der Waals surface area (Å²) in [5.74, 6) is 0.763. The Kier molecular flexibility index (Phi) is 4.30. The number of benzene rings is 1. The first kappa shape index (κ1) is 16.9. The molecule has 2 saturated heterocycles. The number of hydrogen-bond donors (Lipinski definition) is 2. The average molecular weight is 356 g/mol. The van der Waals surface area contributed by atoms with Crippen molar-refractivity contribution in [1.82, 2.24) is 10.2 Å². The van der Waals surface area contributed by atoms with Crippen LogP contribution in [0.25, 0.3) is 0 Å². The highest BCUT2D eigenvalue weighted by atomic mass is 16.2. The molecular weight excluding hydrogens is 332 g/mol. The second-order valence-corrected chi connectivity index (χ2v) is 7.49. The Bertz CT molecular complexity index is 750. The summed E-state index contributed by atoms with van der Waals surface area (Å²) in [5.41, 5.74) is 1.33. The van der Waals surface area contributed by atoms with Crippen LogP contribution in [0, 0.1) is 5.92 Å². The molecule has 7 nitrogen and oxygen atoms in total. The van der Waals surface area contributed by atoms with E-state index >= 15 is 0 Å². The summed E-state index contributed by atoms with van der Waals surface area (Å²) in [6.45, 7) is 3.39. The van der Waals surface area contributed by atoms with Gasteiger partial charge in [0.15, 0.2) is 0 Å². The van der Waals surface area contributed by atoms with Gasteiger partial charge in [-0.1, -0.05) is 19.1 Å². The number of carbonyl (C=O) groups excluding carboxylic acids is 3. The van der Waals surface area contributed by atoms with Crippen LogP contribution in [-0.4, -0.2) is 47.9 Å². The quantitative estimate of drug-likeness (QED) is 0.865. The van der Waals surface area contributed by atoms with E-state index < -0.39 is 0 Å². The lowest BCUT2D eigenvalue weighted by atomic mass is 10.2. The summed E-state index contributed by atoms with van der Waals surface area (Å²) >= 11 is 0. The molecule has 1 saturated carbocycles. The van der Waals surface area contributed by atoms with E-state index in [1.165, 1.54) is 0 Å². The van der Waals surface area contributed by atoms with Gasteiger partial charge in [-0.3, -0.25) is 9.59 Å². The van der Waals surface area contributed by atoms with Crippen molar-refractivity contribution in [3.05, 3.63) is 24.3 Å². The molecule has 0 bridgehead atoms. The number of amides is 4. The van der Waals surface area contributed by atoms with Gasteiger partial charge in [0.25, 0.3) is 0 Å². The van der Waals surface area contributed by atoms with Gasteiger partial charge in [0.1, 0.15) is 0 Å². The third kappa shape index (κ3) is 3.25. The summed E-state index contributed by atoms with van der Waals surface area (Å²) < 4.78 is 0. The van der Waals surface area contributed by atoms with Crippen molar-refractivity contribution >= 4 is 29.2 Å². The van der Waals surface area contributed by atoms with Crippen LogP contribution in [0.2, 0.25) is 0 Å². The fourth-order valence-corrected chi connectivity index (χ4v) is 3.95. The van der Waals surface area contributed by atoms with Crippen molar-refractivity contribution in [2.75, 3.05) is 23.3 Å². The average Bonchev–Trinajstić information content (AvgIpc) is 2.98. The Morgan fingerprint density at radius 3 is 2.65 bits per heavy atom. The van der Waals surface area contributed by atoms with Crippen LogP contribution in [0.3, 0.4) is 0 Å². The minimum Gasteiger partial charge on any atom is -0.337 e. The highest BCUT2D eigenvalue weighted by Crippen LogP contribution is 2.37. The van der Waals surface area contributed by atoms with Crippen molar-refractivity contribution in [3.63, 3.8) is 0 Å². The highest BCUT2D eigenvalue weighted by Gasteiger charge is 2.44. The molecule has 0 radical (unpaired) electrons. The standard InChI is InChI=1S/C19H24N4O3/c1-12-9-16(12)23-11-13(10-18(23)25)20-19(26)21-14-5-2-3-6-15(14)22-8-4-7-17(22)24/h2-3,5-6,12-13,16H,4,7-11H2,1H3,(H2,20,21,26). The third-order valence-electron chi connectivity index (χ3n) is 5.48. The summed E-state index contributed by atoms with van der Waals surface area (Å²) in [4.78, 5) is 40.2. The predicted molar refractivity (Wildman–Crippen MR) is 97.9 cm³/mol. The van der Waals surface area contributed by atoms with Gasteiger partial charge in [0, 0.05) is 32.0 Å². The summed E-state index contributed by atoms with van der Waals surface area (Å²) in [6.07, 6.45) is 2.78. The maximum atomic E-state index is 12.4. The molecule has 26 heavy (non-hydrogen) atoms. The zero-order chi connectivity index (χ0) is 18.3. The SMILES string of the molecule is CC1CC1N1CC(NC(=O)Nc2ccccc2N2CCCC2=O)CC1=O. The molecule has 7 heteroatoms. The van der Waals surface area contributed by atoms with E-state index in [2.05, 4.69) is 17.6 Å². The maximum Gasteiger partial charge on any atom is 0.319 e. The fraction of sp³-hybridized carbons (Fsp3) is 0.526. The lowest BCUT2D eigenvalue weighted by molar-refractivity contribution is -0.128. The molecule has 3 aliphatic rings. The lowest BCUT2D eigenvalue weighted by Crippen LogP contribution is -2.40. The molecule has 2 aliphatic heterocycles. The van der Waals surface area contributed by atoms with Gasteiger partial charge < -0.3 is 20.4 Å². The summed E-state index contributed by atoms with van der Waals surface area (Å²) in [5, 5.41) is 5.74. The highest BCUT2D eigenvalue weighted by molar-refractivity contribution is 6.01. The van der Waals surface area contributed by atoms with Crippen LogP contribution in [0.5, 0.6) is 0 Å². The smallest absolute Gasteiger partial charge is 0.319 e. The minimum absolute atomic E-state index is 0.0789. The van der Waals surface area contributed by atoms with E-state index in [9.17, 15) is 14.4 Å². The third-order valence-corrected chi connectivity index (χ3v) is 5.48. The summed E-state index contributed by atoms with van der Waals surface area (Å²) in [7, 11) is 0. The first-order chi connectivity index (χ1) is 12.5. The number of nitrogens with zero attached hydrogens (tertiary/aromatic N) is 2. The van der Waals surface area contributed by atoms with E-state index in [0.717, 1.165) is 18.5 Å². The molecule has 4 amide bonds. The molecule has 3 unspecified atom stereocenters. The Labute approximate surface area is 152 Å². The van der Waals surface area contributed by atoms with E-state index in [4.69, 9.17) is 0 Å². The first-order valence-corrected chi connectivity index (χ1v) is 9.29. The van der Waals surface area contributed by atoms with Gasteiger partial charge in [-0.05, 0) is 30.9 Å². The van der Waals surface area contributed by atoms with Crippen LogP contribution in [-0.2, 0) is 9.59 Å². The van der Waals surface area contributed by atoms with Gasteiger partial charge in [-0.15, -0.1) is 0 Å². The van der Waals surface area contributed by atoms with Gasteiger partial charge in [-0.25, -0.2) is 4.79 Å². The molecule has 1 aromatic carbocycles. The van der Waals surface area contributed by atoms with Crippen molar-refractivity contribution in [2.45, 2.75) is 44.7 Å². The van der Waals surface area contributed by atoms with Crippen LogP contribution in [0.1, 0.15) is 32.6 Å². The van der Waals surface area contributed by atoms with E-state index in [1.807, 2.05) is 23.1 Å². The molecule has 138 valence electrons. The van der Waals surface area contributed by atoms with Gasteiger partial charge in [0.05, 0.1) is 17.4 Å². The van der Waals surface area contributed by atoms with Crippen LogP contribution in [0.15, 0.2) is 24.3 Å². The van der Waals surface area contributed by atoms with Crippen molar-refractivity contribution < 1.29 is 14.4 Å². The summed E-state index contributed by atoms with van der Waals surface area (Å²) in [6, 6.07) is 7.15. The Hall–Kier alpha value is -2.57. The molecule has 4 rings (SSSR count). The first-order valence-electron chi connectivity index (χ1n) is 9.29. The number of anilines is 2. The normalized spacial score (nSPS) is 27.8. The van der Waals surface area contributed by atoms with Crippen LogP contribution in [0.4, 0.5) is 16.2 Å². The predicted octanol–water partition coefficient (Wildman–Crippen LogP) is 1.94. The Balaban J connectivity index is 1.38. The topological polar surface area (TPSA) is 81.8 Å². The van der Waals surface area contributed by atoms with E-state index in [1.54, 1.807) is 11.0 Å². The van der Waals surface area contributed by atoms with Crippen molar-refractivity contribution in [1.29, 1.82) is 0 Å². The number of urea groups is 1. The number of nitrogens with one attached hydrogen (secondary N) is 2. The molecular formula is C19H24N4O3. The minimum atomic E-state index is -0.340. The molecule has 1 aliphatic carbocycles. The zero-order valence-electron chi connectivity index (χ0n) is 14.9. The van der Waals surface area contributed by atoms with Crippen molar-refractivity contribution in [2.24, 2.45) is 5.92 Å². The van der Waals surface area contributed by atoms with E-state index in [0.29, 0.717) is 43.6 Å². The second-order valence-electron chi connectivity index (χ2n) is 7.49. The Morgan fingerprint density at radius 2 is 1.96 bits per heavy atom. The maximum absolute atomic E-state index is 12.4. The van der Waals surface area contributed by atoms with Crippen LogP contribution < -0.4 is 15.5 Å². The molecule has 2 N–H and O–H groups in total. The molecule has 1 aromatic rings. The number of para-hydroxylation sites is 2. The number of rotatable bonds is 4. The largest absolute Gasteiger partial charge is 0.337 e. The van der Waals surface area contributed by atoms with E-state index in [-0.39, 0.29) is 23.9 Å². The fourth-order valence-electron chi connectivity index (χ4n) is 3.95. The number of carbonyl (C=O) groups is 3.